The van der Waals surface area contributed by atoms with E-state index >= 15 is 0 Å². The third-order valence-electron chi connectivity index (χ3n) is 3.08. The lowest BCUT2D eigenvalue weighted by Crippen LogP contribution is -2.32. The zero-order chi connectivity index (χ0) is 9.54. The average molecular weight is 190 g/mol. The van der Waals surface area contributed by atoms with Gasteiger partial charge >= 0.3 is 0 Å². The molecule has 0 bridgehead atoms. The van der Waals surface area contributed by atoms with Gasteiger partial charge in [-0.2, -0.15) is 0 Å². The highest BCUT2D eigenvalue weighted by atomic mass is 15.2. The Bertz CT molecular complexity index is 432. The monoisotopic (exact) mass is 190 g/mol. The van der Waals surface area contributed by atoms with Crippen molar-refractivity contribution in [3.8, 4) is 0 Å². The fourth-order valence-electron chi connectivity index (χ4n) is 2.35. The molecule has 0 saturated carbocycles. The van der Waals surface area contributed by atoms with Crippen molar-refractivity contribution in [3.63, 3.8) is 0 Å². The molecule has 0 amide bonds. The molecule has 0 atom stereocenters. The first kappa shape index (κ1) is 8.03. The van der Waals surface area contributed by atoms with Crippen molar-refractivity contribution in [1.29, 1.82) is 5.41 Å². The minimum atomic E-state index is 0.690. The molecule has 0 aromatic carbocycles. The van der Waals surface area contributed by atoms with Gasteiger partial charge in [0.05, 0.1) is 5.69 Å². The van der Waals surface area contributed by atoms with E-state index in [9.17, 15) is 0 Å². The summed E-state index contributed by atoms with van der Waals surface area (Å²) in [6.45, 7) is 1.94. The van der Waals surface area contributed by atoms with Crippen LogP contribution in [0.5, 0.6) is 0 Å². The smallest absolute Gasteiger partial charge is 0.204 e. The molecule has 1 aliphatic carbocycles. The van der Waals surface area contributed by atoms with Gasteiger partial charge < -0.3 is 5.32 Å². The van der Waals surface area contributed by atoms with Gasteiger partial charge in [-0.3, -0.25) is 9.98 Å². The van der Waals surface area contributed by atoms with Gasteiger partial charge in [0.2, 0.25) is 5.95 Å². The number of nitrogens with zero attached hydrogens (tertiary/aromatic N) is 2. The first-order valence-electron chi connectivity index (χ1n) is 5.27. The summed E-state index contributed by atoms with van der Waals surface area (Å²) in [6.07, 6.45) is 4.36. The highest BCUT2D eigenvalue weighted by Crippen LogP contribution is 2.19. The first-order chi connectivity index (χ1) is 6.86. The second kappa shape index (κ2) is 2.83. The molecule has 14 heavy (non-hydrogen) atoms. The van der Waals surface area contributed by atoms with Gasteiger partial charge in [0, 0.05) is 18.7 Å². The van der Waals surface area contributed by atoms with E-state index in [1.807, 2.05) is 4.57 Å². The van der Waals surface area contributed by atoms with Crippen LogP contribution in [0.2, 0.25) is 0 Å². The molecule has 0 saturated heterocycles. The Balaban J connectivity index is 2.25. The zero-order valence-corrected chi connectivity index (χ0v) is 8.14. The lowest BCUT2D eigenvalue weighted by Gasteiger charge is -2.21. The van der Waals surface area contributed by atoms with Crippen LogP contribution in [-0.2, 0) is 19.4 Å². The van der Waals surface area contributed by atoms with Crippen LogP contribution in [0.25, 0.3) is 0 Å². The Morgan fingerprint density at radius 1 is 1.29 bits per heavy atom. The predicted molar refractivity (Wildman–Crippen MR) is 53.2 cm³/mol. The molecule has 0 unspecified atom stereocenters. The van der Waals surface area contributed by atoms with Crippen molar-refractivity contribution in [2.45, 2.75) is 32.2 Å². The largest absolute Gasteiger partial charge is 0.356 e. The van der Waals surface area contributed by atoms with Crippen LogP contribution in [0.4, 0.5) is 5.95 Å². The minimum absolute atomic E-state index is 0.690. The summed E-state index contributed by atoms with van der Waals surface area (Å²) in [5.41, 5.74) is 3.02. The molecule has 3 rings (SSSR count). The number of anilines is 1. The Morgan fingerprint density at radius 3 is 3.14 bits per heavy atom. The van der Waals surface area contributed by atoms with Crippen LogP contribution < -0.4 is 10.8 Å². The Labute approximate surface area is 82.5 Å². The molecule has 2 heterocycles. The molecule has 74 valence electrons. The van der Waals surface area contributed by atoms with Crippen molar-refractivity contribution < 1.29 is 0 Å². The number of hydrogen-bond donors (Lipinski definition) is 2. The zero-order valence-electron chi connectivity index (χ0n) is 8.14. The number of aryl methyl sites for hydroxylation is 1. The Hall–Kier alpha value is -1.32. The summed E-state index contributed by atoms with van der Waals surface area (Å²) in [7, 11) is 0. The molecular formula is C10H14N4. The van der Waals surface area contributed by atoms with E-state index in [-0.39, 0.29) is 0 Å². The van der Waals surface area contributed by atoms with E-state index in [1.165, 1.54) is 5.56 Å². The van der Waals surface area contributed by atoms with Crippen LogP contribution in [0.3, 0.4) is 0 Å². The summed E-state index contributed by atoms with van der Waals surface area (Å²) in [5.74, 6) is 0.905. The summed E-state index contributed by atoms with van der Waals surface area (Å²) >= 11 is 0. The highest BCUT2D eigenvalue weighted by Gasteiger charge is 2.19. The predicted octanol–water partition coefficient (Wildman–Crippen LogP) is 0.667. The lowest BCUT2D eigenvalue weighted by molar-refractivity contribution is 0.577. The van der Waals surface area contributed by atoms with Crippen LogP contribution in [0, 0.1) is 5.41 Å². The Kier molecular flexibility index (Phi) is 1.63. The van der Waals surface area contributed by atoms with Gasteiger partial charge in [0.25, 0.3) is 0 Å². The highest BCUT2D eigenvalue weighted by molar-refractivity contribution is 5.34. The molecule has 2 aliphatic rings. The van der Waals surface area contributed by atoms with Crippen molar-refractivity contribution >= 4 is 5.95 Å². The second-order valence-electron chi connectivity index (χ2n) is 3.99. The maximum absolute atomic E-state index is 8.09. The van der Waals surface area contributed by atoms with Gasteiger partial charge in [0.1, 0.15) is 5.49 Å². The summed E-state index contributed by atoms with van der Waals surface area (Å²) in [4.78, 5) is 4.59. The van der Waals surface area contributed by atoms with Gasteiger partial charge in [-0.15, -0.1) is 0 Å². The van der Waals surface area contributed by atoms with Gasteiger partial charge in [-0.25, -0.2) is 4.98 Å². The van der Waals surface area contributed by atoms with Crippen molar-refractivity contribution in [2.75, 3.05) is 11.9 Å². The maximum atomic E-state index is 8.09. The molecule has 2 N–H and O–H groups in total. The molecule has 4 nitrogen and oxygen atoms in total. The van der Waals surface area contributed by atoms with Gasteiger partial charge in [-0.05, 0) is 25.7 Å². The second-order valence-corrected chi connectivity index (χ2v) is 3.99. The van der Waals surface area contributed by atoms with E-state index in [0.29, 0.717) is 5.49 Å². The molecular weight excluding hydrogens is 176 g/mol. The summed E-state index contributed by atoms with van der Waals surface area (Å²) < 4.78 is 2.01. The quantitative estimate of drug-likeness (QED) is 0.631. The summed E-state index contributed by atoms with van der Waals surface area (Å²) in [6, 6.07) is 0. The number of hydrogen-bond acceptors (Lipinski definition) is 3. The van der Waals surface area contributed by atoms with E-state index in [0.717, 1.165) is 50.4 Å². The lowest BCUT2D eigenvalue weighted by atomic mass is 10.2. The number of aromatic nitrogens is 2. The number of nitrogens with one attached hydrogen (secondary N) is 2. The third kappa shape index (κ3) is 0.997. The first-order valence-corrected chi connectivity index (χ1v) is 5.27. The molecule has 0 radical (unpaired) electrons. The fourth-order valence-corrected chi connectivity index (χ4v) is 2.35. The van der Waals surface area contributed by atoms with Crippen LogP contribution >= 0.6 is 0 Å². The summed E-state index contributed by atoms with van der Waals surface area (Å²) in [5, 5.41) is 11.4. The Morgan fingerprint density at radius 2 is 2.21 bits per heavy atom. The van der Waals surface area contributed by atoms with Crippen molar-refractivity contribution in [3.05, 3.63) is 16.7 Å². The van der Waals surface area contributed by atoms with E-state index in [2.05, 4.69) is 10.3 Å². The molecule has 4 heteroatoms. The fraction of sp³-hybridized carbons (Fsp3) is 0.600. The average Bonchev–Trinajstić information content (AvgIpc) is 2.66. The molecule has 1 aromatic rings. The van der Waals surface area contributed by atoms with Crippen molar-refractivity contribution in [2.24, 2.45) is 0 Å². The van der Waals surface area contributed by atoms with Crippen LogP contribution in [0.15, 0.2) is 0 Å². The normalized spacial score (nSPS) is 18.6. The van der Waals surface area contributed by atoms with Crippen LogP contribution in [-0.4, -0.2) is 16.1 Å². The van der Waals surface area contributed by atoms with E-state index in [4.69, 9.17) is 5.41 Å². The maximum Gasteiger partial charge on any atom is 0.204 e. The molecule has 0 spiro atoms. The van der Waals surface area contributed by atoms with E-state index < -0.39 is 0 Å². The standard InChI is InChI=1S/C10H14N4/c11-9-7-3-1-4-8(7)13-10-12-5-2-6-14(9)10/h11H,1-6H2,(H,12,13). The van der Waals surface area contributed by atoms with E-state index in [1.54, 1.807) is 0 Å². The number of fused-ring (bicyclic) bond motifs is 2. The van der Waals surface area contributed by atoms with Crippen molar-refractivity contribution in [1.82, 2.24) is 9.55 Å². The molecule has 1 aliphatic heterocycles. The molecule has 1 aromatic heterocycles. The van der Waals surface area contributed by atoms with Crippen LogP contribution in [0.1, 0.15) is 24.1 Å². The minimum Gasteiger partial charge on any atom is -0.356 e. The third-order valence-corrected chi connectivity index (χ3v) is 3.08. The topological polar surface area (TPSA) is 53.7 Å². The number of rotatable bonds is 0. The molecule has 0 fully saturated rings. The van der Waals surface area contributed by atoms with Gasteiger partial charge in [0.15, 0.2) is 0 Å². The SMILES string of the molecule is N=c1c2c(nc3n1CCCN3)CCC2. The van der Waals surface area contributed by atoms with Gasteiger partial charge in [-0.1, -0.05) is 0 Å².